The molecule has 4 aromatic rings. The summed E-state index contributed by atoms with van der Waals surface area (Å²) in [4.78, 5) is 12.6. The number of Topliss-reactive ketones (excluding diaryl/α,β-unsaturated/α-hetero) is 1. The first-order valence-electron chi connectivity index (χ1n) is 7.80. The number of hydrogen-bond donors (Lipinski definition) is 0. The van der Waals surface area contributed by atoms with Gasteiger partial charge >= 0.3 is 0 Å². The van der Waals surface area contributed by atoms with E-state index in [4.69, 9.17) is 0 Å². The van der Waals surface area contributed by atoms with Gasteiger partial charge in [-0.05, 0) is 27.1 Å². The van der Waals surface area contributed by atoms with Crippen molar-refractivity contribution in [3.8, 4) is 0 Å². The Kier molecular flexibility index (Phi) is 3.39. The van der Waals surface area contributed by atoms with E-state index in [9.17, 15) is 4.79 Å². The summed E-state index contributed by atoms with van der Waals surface area (Å²) in [6.07, 6.45) is 0.426. The smallest absolute Gasteiger partial charge is 0.167 e. The van der Waals surface area contributed by atoms with Crippen LogP contribution < -0.4 is 0 Å². The van der Waals surface area contributed by atoms with E-state index in [0.717, 1.165) is 16.5 Å². The summed E-state index contributed by atoms with van der Waals surface area (Å²) < 4.78 is 0. The monoisotopic (exact) mass is 296 g/mol. The van der Waals surface area contributed by atoms with Crippen LogP contribution in [0, 0.1) is 0 Å². The first-order valence-corrected chi connectivity index (χ1v) is 7.80. The number of benzene rings is 4. The minimum atomic E-state index is 0.158. The Morgan fingerprint density at radius 1 is 0.652 bits per heavy atom. The van der Waals surface area contributed by atoms with Gasteiger partial charge in [0.1, 0.15) is 0 Å². The quantitative estimate of drug-likeness (QED) is 0.364. The van der Waals surface area contributed by atoms with Gasteiger partial charge in [-0.25, -0.2) is 0 Å². The molecule has 0 unspecified atom stereocenters. The third-order valence-electron chi connectivity index (χ3n) is 4.30. The van der Waals surface area contributed by atoms with Crippen molar-refractivity contribution in [2.24, 2.45) is 0 Å². The highest BCUT2D eigenvalue weighted by atomic mass is 16.1. The van der Waals surface area contributed by atoms with Crippen molar-refractivity contribution < 1.29 is 4.79 Å². The van der Waals surface area contributed by atoms with Crippen molar-refractivity contribution in [1.82, 2.24) is 0 Å². The molecule has 110 valence electrons. The Labute approximate surface area is 135 Å². The van der Waals surface area contributed by atoms with Gasteiger partial charge in [-0.2, -0.15) is 0 Å². The second kappa shape index (κ2) is 5.69. The maximum Gasteiger partial charge on any atom is 0.167 e. The first-order chi connectivity index (χ1) is 11.3. The lowest BCUT2D eigenvalue weighted by molar-refractivity contribution is 0.0993. The fourth-order valence-electron chi connectivity index (χ4n) is 3.18. The van der Waals surface area contributed by atoms with Crippen molar-refractivity contribution in [2.75, 3.05) is 0 Å². The molecule has 0 bridgehead atoms. The fourth-order valence-corrected chi connectivity index (χ4v) is 3.18. The van der Waals surface area contributed by atoms with Crippen LogP contribution in [0.25, 0.3) is 21.5 Å². The van der Waals surface area contributed by atoms with Gasteiger partial charge in [-0.1, -0.05) is 84.9 Å². The van der Waals surface area contributed by atoms with Crippen molar-refractivity contribution >= 4 is 27.3 Å². The highest BCUT2D eigenvalue weighted by molar-refractivity contribution is 6.10. The highest BCUT2D eigenvalue weighted by Gasteiger charge is 2.11. The lowest BCUT2D eigenvalue weighted by atomic mass is 9.93. The average Bonchev–Trinajstić information content (AvgIpc) is 2.62. The maximum absolute atomic E-state index is 12.6. The zero-order valence-electron chi connectivity index (χ0n) is 12.7. The Morgan fingerprint density at radius 3 is 2.04 bits per heavy atom. The van der Waals surface area contributed by atoms with Gasteiger partial charge in [0.05, 0.1) is 0 Å². The van der Waals surface area contributed by atoms with Crippen LogP contribution in [0.15, 0.2) is 84.9 Å². The standard InChI is InChI=1S/C22H16O/c23-22(16-8-2-1-3-9-16)15-18-14-17-10-4-5-11-19(17)21-13-7-6-12-20(18)21/h1-14H,15H2. The van der Waals surface area contributed by atoms with E-state index >= 15 is 0 Å². The van der Waals surface area contributed by atoms with Crippen LogP contribution in [0.5, 0.6) is 0 Å². The SMILES string of the molecule is O=C(Cc1cc2ccccc2c2ccccc12)c1ccccc1. The molecule has 0 heterocycles. The van der Waals surface area contributed by atoms with E-state index in [-0.39, 0.29) is 5.78 Å². The van der Waals surface area contributed by atoms with Crippen molar-refractivity contribution in [2.45, 2.75) is 6.42 Å². The molecule has 1 heteroatoms. The molecular formula is C22H16O. The van der Waals surface area contributed by atoms with E-state index in [0.29, 0.717) is 6.42 Å². The number of rotatable bonds is 3. The zero-order chi connectivity index (χ0) is 15.6. The van der Waals surface area contributed by atoms with E-state index in [1.807, 2.05) is 42.5 Å². The second-order valence-corrected chi connectivity index (χ2v) is 5.77. The van der Waals surface area contributed by atoms with Crippen LogP contribution in [-0.4, -0.2) is 5.78 Å². The molecule has 0 amide bonds. The molecule has 4 aromatic carbocycles. The minimum absolute atomic E-state index is 0.158. The van der Waals surface area contributed by atoms with Crippen LogP contribution in [0.3, 0.4) is 0 Å². The molecule has 4 rings (SSSR count). The molecule has 0 aliphatic rings. The van der Waals surface area contributed by atoms with Gasteiger partial charge in [-0.3, -0.25) is 4.79 Å². The molecule has 0 aliphatic carbocycles. The molecule has 0 atom stereocenters. The van der Waals surface area contributed by atoms with E-state index < -0.39 is 0 Å². The highest BCUT2D eigenvalue weighted by Crippen LogP contribution is 2.29. The second-order valence-electron chi connectivity index (χ2n) is 5.77. The van der Waals surface area contributed by atoms with Crippen LogP contribution in [0.2, 0.25) is 0 Å². The maximum atomic E-state index is 12.6. The normalized spacial score (nSPS) is 11.0. The number of ketones is 1. The molecule has 23 heavy (non-hydrogen) atoms. The molecular weight excluding hydrogens is 280 g/mol. The molecule has 0 aliphatic heterocycles. The Balaban J connectivity index is 1.87. The molecule has 0 aromatic heterocycles. The summed E-state index contributed by atoms with van der Waals surface area (Å²) >= 11 is 0. The third-order valence-corrected chi connectivity index (χ3v) is 4.30. The average molecular weight is 296 g/mol. The molecule has 0 radical (unpaired) electrons. The van der Waals surface area contributed by atoms with Crippen molar-refractivity contribution in [3.05, 3.63) is 96.1 Å². The summed E-state index contributed by atoms with van der Waals surface area (Å²) in [5.74, 6) is 0.158. The van der Waals surface area contributed by atoms with Gasteiger partial charge in [0.25, 0.3) is 0 Å². The first kappa shape index (κ1) is 13.7. The Morgan fingerprint density at radius 2 is 1.26 bits per heavy atom. The Hall–Kier alpha value is -2.93. The fraction of sp³-hybridized carbons (Fsp3) is 0.0455. The lowest BCUT2D eigenvalue weighted by Gasteiger charge is -2.10. The molecule has 0 saturated heterocycles. The largest absolute Gasteiger partial charge is 0.294 e. The number of fused-ring (bicyclic) bond motifs is 3. The van der Waals surface area contributed by atoms with Gasteiger partial charge in [0.2, 0.25) is 0 Å². The zero-order valence-corrected chi connectivity index (χ0v) is 12.7. The summed E-state index contributed by atoms with van der Waals surface area (Å²) in [5, 5.41) is 4.79. The summed E-state index contributed by atoms with van der Waals surface area (Å²) in [7, 11) is 0. The van der Waals surface area contributed by atoms with Gasteiger partial charge in [0.15, 0.2) is 5.78 Å². The van der Waals surface area contributed by atoms with Crippen LogP contribution in [-0.2, 0) is 6.42 Å². The third kappa shape index (κ3) is 2.51. The van der Waals surface area contributed by atoms with E-state index in [2.05, 4.69) is 42.5 Å². The van der Waals surface area contributed by atoms with Crippen molar-refractivity contribution in [1.29, 1.82) is 0 Å². The van der Waals surface area contributed by atoms with Crippen LogP contribution in [0.4, 0.5) is 0 Å². The lowest BCUT2D eigenvalue weighted by Crippen LogP contribution is -2.04. The molecule has 0 spiro atoms. The number of carbonyl (C=O) groups is 1. The van der Waals surface area contributed by atoms with E-state index in [1.165, 1.54) is 16.2 Å². The summed E-state index contributed by atoms with van der Waals surface area (Å²) in [5.41, 5.74) is 1.86. The predicted molar refractivity (Wildman–Crippen MR) is 95.9 cm³/mol. The Bertz CT molecular complexity index is 1000. The van der Waals surface area contributed by atoms with Gasteiger partial charge in [-0.15, -0.1) is 0 Å². The number of carbonyl (C=O) groups excluding carboxylic acids is 1. The molecule has 0 fully saturated rings. The molecule has 0 N–H and O–H groups in total. The van der Waals surface area contributed by atoms with Crippen molar-refractivity contribution in [3.63, 3.8) is 0 Å². The predicted octanol–water partition coefficient (Wildman–Crippen LogP) is 5.42. The van der Waals surface area contributed by atoms with Crippen LogP contribution in [0.1, 0.15) is 15.9 Å². The molecule has 1 nitrogen and oxygen atoms in total. The van der Waals surface area contributed by atoms with Gasteiger partial charge in [0, 0.05) is 12.0 Å². The minimum Gasteiger partial charge on any atom is -0.294 e. The number of hydrogen-bond acceptors (Lipinski definition) is 1. The van der Waals surface area contributed by atoms with E-state index in [1.54, 1.807) is 0 Å². The topological polar surface area (TPSA) is 17.1 Å². The molecule has 0 saturated carbocycles. The summed E-state index contributed by atoms with van der Waals surface area (Å²) in [6, 6.07) is 28.3. The summed E-state index contributed by atoms with van der Waals surface area (Å²) in [6.45, 7) is 0. The van der Waals surface area contributed by atoms with Gasteiger partial charge < -0.3 is 0 Å². The van der Waals surface area contributed by atoms with Crippen LogP contribution >= 0.6 is 0 Å².